The Morgan fingerprint density at radius 1 is 1.12 bits per heavy atom. The first kappa shape index (κ1) is 17.0. The molecule has 1 amide bonds. The summed E-state index contributed by atoms with van der Waals surface area (Å²) in [6.07, 6.45) is 1.57. The normalized spacial score (nSPS) is 19.3. The highest BCUT2D eigenvalue weighted by atomic mass is 35.5. The summed E-state index contributed by atoms with van der Waals surface area (Å²) in [5, 5.41) is 15.3. The number of hydrogen-bond acceptors (Lipinski definition) is 6. The molecule has 8 heteroatoms. The van der Waals surface area contributed by atoms with Gasteiger partial charge in [-0.3, -0.25) is 14.5 Å². The molecule has 3 heterocycles. The molecule has 1 aromatic carbocycles. The fourth-order valence-electron chi connectivity index (χ4n) is 2.84. The molecule has 0 spiro atoms. The van der Waals surface area contributed by atoms with Gasteiger partial charge in [-0.15, -0.1) is 22.7 Å². The molecule has 0 bridgehead atoms. The SMILES string of the molecule is O=C1C(=O)N(c2nccs2)[C@H](c2cccs2)C1=C(O)c1ccc(Cl)cc1. The van der Waals surface area contributed by atoms with Gasteiger partial charge in [0.05, 0.1) is 5.57 Å². The van der Waals surface area contributed by atoms with Crippen LogP contribution in [0.2, 0.25) is 5.02 Å². The van der Waals surface area contributed by atoms with Crippen molar-refractivity contribution in [3.8, 4) is 0 Å². The van der Waals surface area contributed by atoms with Gasteiger partial charge in [-0.2, -0.15) is 0 Å². The lowest BCUT2D eigenvalue weighted by Gasteiger charge is -2.21. The zero-order valence-electron chi connectivity index (χ0n) is 13.1. The number of aliphatic hydroxyl groups excluding tert-OH is 1. The van der Waals surface area contributed by atoms with Crippen molar-refractivity contribution in [3.63, 3.8) is 0 Å². The third kappa shape index (κ3) is 2.74. The third-order valence-corrected chi connectivity index (χ3v) is 5.95. The lowest BCUT2D eigenvalue weighted by Crippen LogP contribution is -2.28. The molecule has 1 atom stereocenters. The lowest BCUT2D eigenvalue weighted by atomic mass is 10.00. The Labute approximate surface area is 161 Å². The van der Waals surface area contributed by atoms with Crippen LogP contribution in [-0.4, -0.2) is 21.8 Å². The number of aliphatic hydroxyl groups is 1. The van der Waals surface area contributed by atoms with Crippen LogP contribution in [-0.2, 0) is 9.59 Å². The Balaban J connectivity index is 1.92. The van der Waals surface area contributed by atoms with Crippen molar-refractivity contribution < 1.29 is 14.7 Å². The van der Waals surface area contributed by atoms with Crippen molar-refractivity contribution in [3.05, 3.63) is 74.4 Å². The monoisotopic (exact) mass is 402 g/mol. The number of halogens is 1. The number of hydrogen-bond donors (Lipinski definition) is 1. The Kier molecular flexibility index (Phi) is 4.36. The van der Waals surface area contributed by atoms with Gasteiger partial charge in [0.2, 0.25) is 0 Å². The molecule has 3 aromatic rings. The predicted octanol–water partition coefficient (Wildman–Crippen LogP) is 4.48. The number of rotatable bonds is 3. The van der Waals surface area contributed by atoms with Gasteiger partial charge in [0.15, 0.2) is 5.13 Å². The van der Waals surface area contributed by atoms with Crippen molar-refractivity contribution >= 4 is 56.9 Å². The molecule has 1 aliphatic rings. The number of aromatic nitrogens is 1. The first-order chi connectivity index (χ1) is 12.6. The lowest BCUT2D eigenvalue weighted by molar-refractivity contribution is -0.132. The molecule has 0 radical (unpaired) electrons. The van der Waals surface area contributed by atoms with Crippen LogP contribution in [0.15, 0.2) is 58.9 Å². The van der Waals surface area contributed by atoms with E-state index in [1.807, 2.05) is 17.5 Å². The smallest absolute Gasteiger partial charge is 0.301 e. The van der Waals surface area contributed by atoms with Crippen molar-refractivity contribution in [1.82, 2.24) is 4.98 Å². The van der Waals surface area contributed by atoms with E-state index in [0.717, 1.165) is 4.88 Å². The van der Waals surface area contributed by atoms with Crippen LogP contribution in [0.3, 0.4) is 0 Å². The minimum absolute atomic E-state index is 0.0509. The van der Waals surface area contributed by atoms with Gasteiger partial charge in [-0.05, 0) is 35.7 Å². The van der Waals surface area contributed by atoms with Crippen molar-refractivity contribution in [2.24, 2.45) is 0 Å². The van der Waals surface area contributed by atoms with Crippen LogP contribution in [0.5, 0.6) is 0 Å². The third-order valence-electron chi connectivity index (χ3n) is 4.00. The van der Waals surface area contributed by atoms with Gasteiger partial charge in [-0.1, -0.05) is 17.7 Å². The van der Waals surface area contributed by atoms with Crippen LogP contribution in [0.4, 0.5) is 5.13 Å². The first-order valence-corrected chi connectivity index (χ1v) is 9.71. The fraction of sp³-hybridized carbons (Fsp3) is 0.0556. The minimum atomic E-state index is -0.731. The second-order valence-corrected chi connectivity index (χ2v) is 7.79. The summed E-state index contributed by atoms with van der Waals surface area (Å²) in [4.78, 5) is 31.7. The van der Waals surface area contributed by atoms with Crippen LogP contribution in [0.1, 0.15) is 16.5 Å². The topological polar surface area (TPSA) is 70.5 Å². The average Bonchev–Trinajstić information content (AvgIpc) is 3.37. The van der Waals surface area contributed by atoms with Crippen molar-refractivity contribution in [2.45, 2.75) is 6.04 Å². The van der Waals surface area contributed by atoms with Gasteiger partial charge >= 0.3 is 5.91 Å². The van der Waals surface area contributed by atoms with E-state index >= 15 is 0 Å². The number of amides is 1. The average molecular weight is 403 g/mol. The van der Waals surface area contributed by atoms with E-state index in [-0.39, 0.29) is 11.3 Å². The van der Waals surface area contributed by atoms with E-state index in [2.05, 4.69) is 4.98 Å². The quantitative estimate of drug-likeness (QED) is 0.398. The number of ketones is 1. The number of thiophene rings is 1. The Hall–Kier alpha value is -2.48. The first-order valence-electron chi connectivity index (χ1n) is 7.58. The van der Waals surface area contributed by atoms with Crippen LogP contribution >= 0.6 is 34.3 Å². The number of carbonyl (C=O) groups is 2. The Bertz CT molecular complexity index is 996. The maximum Gasteiger partial charge on any atom is 0.301 e. The zero-order chi connectivity index (χ0) is 18.3. The van der Waals surface area contributed by atoms with E-state index in [1.54, 1.807) is 35.8 Å². The summed E-state index contributed by atoms with van der Waals surface area (Å²) < 4.78 is 0. The largest absolute Gasteiger partial charge is 0.507 e. The molecule has 4 rings (SSSR count). The maximum absolute atomic E-state index is 12.7. The number of anilines is 1. The van der Waals surface area contributed by atoms with Crippen LogP contribution in [0.25, 0.3) is 5.76 Å². The molecule has 5 nitrogen and oxygen atoms in total. The molecule has 1 saturated heterocycles. The van der Waals surface area contributed by atoms with Gasteiger partial charge in [0, 0.05) is 27.0 Å². The summed E-state index contributed by atoms with van der Waals surface area (Å²) in [5.41, 5.74) is 0.475. The van der Waals surface area contributed by atoms with Crippen LogP contribution < -0.4 is 4.90 Å². The summed E-state index contributed by atoms with van der Waals surface area (Å²) in [7, 11) is 0. The highest BCUT2D eigenvalue weighted by Gasteiger charge is 2.48. The second kappa shape index (κ2) is 6.68. The van der Waals surface area contributed by atoms with Gasteiger partial charge in [-0.25, -0.2) is 4.98 Å². The van der Waals surface area contributed by atoms with E-state index < -0.39 is 17.7 Å². The van der Waals surface area contributed by atoms with E-state index in [1.165, 1.54) is 27.6 Å². The number of Topliss-reactive ketones (excluding diaryl/α,β-unsaturated/α-hetero) is 1. The molecule has 2 aromatic heterocycles. The molecule has 26 heavy (non-hydrogen) atoms. The van der Waals surface area contributed by atoms with Crippen molar-refractivity contribution in [1.29, 1.82) is 0 Å². The zero-order valence-corrected chi connectivity index (χ0v) is 15.5. The standard InChI is InChI=1S/C18H11ClN2O3S2/c19-11-5-3-10(4-6-11)15(22)13-14(12-2-1-8-25-12)21(17(24)16(13)23)18-20-7-9-26-18/h1-9,14,22H/t14-/m1/s1. The molecule has 0 unspecified atom stereocenters. The molecule has 1 aliphatic heterocycles. The van der Waals surface area contributed by atoms with Gasteiger partial charge < -0.3 is 5.11 Å². The summed E-state index contributed by atoms with van der Waals surface area (Å²) in [6, 6.07) is 9.42. The molecule has 0 saturated carbocycles. The Morgan fingerprint density at radius 2 is 1.88 bits per heavy atom. The second-order valence-electron chi connectivity index (χ2n) is 5.51. The predicted molar refractivity (Wildman–Crippen MR) is 103 cm³/mol. The van der Waals surface area contributed by atoms with Crippen molar-refractivity contribution in [2.75, 3.05) is 4.90 Å². The number of carbonyl (C=O) groups excluding carboxylic acids is 2. The van der Waals surface area contributed by atoms with E-state index in [0.29, 0.717) is 15.7 Å². The van der Waals surface area contributed by atoms with Gasteiger partial charge in [0.25, 0.3) is 5.78 Å². The minimum Gasteiger partial charge on any atom is -0.507 e. The fourth-order valence-corrected chi connectivity index (χ4v) is 4.46. The number of benzene rings is 1. The summed E-state index contributed by atoms with van der Waals surface area (Å²) in [5.74, 6) is -1.66. The molecule has 130 valence electrons. The summed E-state index contributed by atoms with van der Waals surface area (Å²) in [6.45, 7) is 0. The van der Waals surface area contributed by atoms with E-state index in [4.69, 9.17) is 11.6 Å². The van der Waals surface area contributed by atoms with Gasteiger partial charge in [0.1, 0.15) is 11.8 Å². The molecule has 1 fully saturated rings. The van der Waals surface area contributed by atoms with Crippen LogP contribution in [0, 0.1) is 0 Å². The maximum atomic E-state index is 12.7. The highest BCUT2D eigenvalue weighted by Crippen LogP contribution is 2.43. The number of nitrogens with zero attached hydrogens (tertiary/aromatic N) is 2. The molecular weight excluding hydrogens is 392 g/mol. The molecule has 1 N–H and O–H groups in total. The molecular formula is C18H11ClN2O3S2. The Morgan fingerprint density at radius 3 is 2.50 bits per heavy atom. The highest BCUT2D eigenvalue weighted by molar-refractivity contribution is 7.14. The van der Waals surface area contributed by atoms with E-state index in [9.17, 15) is 14.7 Å². The number of thiazole rings is 1. The molecule has 0 aliphatic carbocycles. The summed E-state index contributed by atoms with van der Waals surface area (Å²) >= 11 is 8.57.